The Morgan fingerprint density at radius 1 is 1.09 bits per heavy atom. The highest BCUT2D eigenvalue weighted by molar-refractivity contribution is 7.09. The predicted molar refractivity (Wildman–Crippen MR) is 161 cm³/mol. The van der Waals surface area contributed by atoms with Crippen molar-refractivity contribution >= 4 is 34.7 Å². The number of hydrogen-bond donors (Lipinski definition) is 1. The first-order valence-electron chi connectivity index (χ1n) is 14.8. The number of anilines is 1. The van der Waals surface area contributed by atoms with Crippen molar-refractivity contribution in [1.82, 2.24) is 9.97 Å². The number of methoxy groups -OCH3 is 1. The van der Waals surface area contributed by atoms with Crippen molar-refractivity contribution in [2.24, 2.45) is 0 Å². The minimum absolute atomic E-state index is 0.277. The summed E-state index contributed by atoms with van der Waals surface area (Å²) in [4.78, 5) is 41.3. The molecule has 0 aliphatic carbocycles. The first kappa shape index (κ1) is 32.4. The third-order valence-electron chi connectivity index (χ3n) is 7.69. The topological polar surface area (TPSA) is 109 Å². The second-order valence-electron chi connectivity index (χ2n) is 10.9. The fourth-order valence-corrected chi connectivity index (χ4v) is 6.29. The molecule has 0 spiro atoms. The van der Waals surface area contributed by atoms with Crippen LogP contribution in [0, 0.1) is 0 Å². The van der Waals surface area contributed by atoms with Gasteiger partial charge >= 0.3 is 18.1 Å². The molecule has 0 unspecified atom stereocenters. The van der Waals surface area contributed by atoms with Crippen molar-refractivity contribution in [2.75, 3.05) is 32.2 Å². The molecule has 1 atom stereocenters. The number of carbonyl (C=O) groups excluding carboxylic acids is 2. The van der Waals surface area contributed by atoms with Gasteiger partial charge in [0.2, 0.25) is 0 Å². The Bertz CT molecular complexity index is 1540. The van der Waals surface area contributed by atoms with Gasteiger partial charge in [0, 0.05) is 23.5 Å². The van der Waals surface area contributed by atoms with Gasteiger partial charge in [-0.15, -0.1) is 11.3 Å². The molecule has 0 radical (unpaired) electrons. The molecule has 13 heteroatoms. The number of aryl methyl sites for hydroxylation is 3. The molecule has 0 saturated heterocycles. The Hall–Kier alpha value is -3.97. The number of fused-ring (bicyclic) bond motifs is 1. The fraction of sp³-hybridized carbons (Fsp3) is 0.438. The van der Waals surface area contributed by atoms with Crippen LogP contribution in [0.3, 0.4) is 0 Å². The van der Waals surface area contributed by atoms with Crippen molar-refractivity contribution in [3.8, 4) is 5.75 Å². The Morgan fingerprint density at radius 3 is 2.73 bits per heavy atom. The van der Waals surface area contributed by atoms with E-state index in [1.165, 1.54) is 24.0 Å². The van der Waals surface area contributed by atoms with Crippen LogP contribution < -0.4 is 10.1 Å². The average Bonchev–Trinajstić information content (AvgIpc) is 3.49. The molecule has 2 aliphatic heterocycles. The summed E-state index contributed by atoms with van der Waals surface area (Å²) in [5.41, 5.74) is 5.64. The molecule has 2 aliphatic rings. The van der Waals surface area contributed by atoms with Gasteiger partial charge in [0.15, 0.2) is 0 Å². The average molecular weight is 646 g/mol. The smallest absolute Gasteiger partial charge is 0.495 e. The highest BCUT2D eigenvalue weighted by Gasteiger charge is 2.43. The summed E-state index contributed by atoms with van der Waals surface area (Å²) in [6, 6.07) is 9.83. The van der Waals surface area contributed by atoms with Crippen LogP contribution in [-0.2, 0) is 49.8 Å². The number of carbonyl (C=O) groups is 2. The number of hydrogen-bond acceptors (Lipinski definition) is 10. The van der Waals surface area contributed by atoms with E-state index in [9.17, 15) is 22.8 Å². The Balaban J connectivity index is 1.29. The quantitative estimate of drug-likeness (QED) is 0.194. The molecule has 2 aromatic heterocycles. The minimum atomic E-state index is -5.29. The van der Waals surface area contributed by atoms with E-state index in [-0.39, 0.29) is 12.8 Å². The summed E-state index contributed by atoms with van der Waals surface area (Å²) in [6.45, 7) is 2.00. The minimum Gasteiger partial charge on any atom is -0.496 e. The number of aromatic nitrogens is 2. The van der Waals surface area contributed by atoms with E-state index >= 15 is 0 Å². The Morgan fingerprint density at radius 2 is 1.96 bits per heavy atom. The first-order chi connectivity index (χ1) is 21.7. The van der Waals surface area contributed by atoms with Crippen molar-refractivity contribution < 1.29 is 42.0 Å². The van der Waals surface area contributed by atoms with E-state index in [0.29, 0.717) is 36.6 Å². The maximum absolute atomic E-state index is 12.6. The molecule has 5 rings (SSSR count). The van der Waals surface area contributed by atoms with Crippen LogP contribution in [0.1, 0.15) is 64.7 Å². The summed E-state index contributed by atoms with van der Waals surface area (Å²) < 4.78 is 48.8. The predicted octanol–water partition coefficient (Wildman–Crippen LogP) is 6.16. The number of nitrogens with one attached hydrogen (secondary N) is 1. The third-order valence-corrected chi connectivity index (χ3v) is 8.65. The van der Waals surface area contributed by atoms with Crippen molar-refractivity contribution in [1.29, 1.82) is 0 Å². The van der Waals surface area contributed by atoms with Crippen LogP contribution in [0.25, 0.3) is 5.57 Å². The standard InChI is InChI=1S/C32H34F3N3O6S/c1-41-27-10-8-22(20-11-14-42-15-12-20)17-26(27)23(18-29(39)43-44-31(40)32(33,34)35)16-25-19-45-28(37-25)6-2-5-24-9-7-21-4-3-13-36-30(21)38-24/h7-11,17,19,23H,2-6,12-16,18H2,1H3,(H,36,38)/t23-/m1/s1. The maximum Gasteiger partial charge on any atom is 0.495 e. The lowest BCUT2D eigenvalue weighted by molar-refractivity contribution is -0.286. The highest BCUT2D eigenvalue weighted by Crippen LogP contribution is 2.36. The molecule has 9 nitrogen and oxygen atoms in total. The van der Waals surface area contributed by atoms with Gasteiger partial charge in [-0.1, -0.05) is 18.2 Å². The number of rotatable bonds is 11. The molecule has 45 heavy (non-hydrogen) atoms. The van der Waals surface area contributed by atoms with Crippen molar-refractivity contribution in [3.05, 3.63) is 74.9 Å². The molecule has 4 heterocycles. The van der Waals surface area contributed by atoms with Gasteiger partial charge in [0.25, 0.3) is 0 Å². The monoisotopic (exact) mass is 645 g/mol. The summed E-state index contributed by atoms with van der Waals surface area (Å²) in [7, 11) is 1.50. The summed E-state index contributed by atoms with van der Waals surface area (Å²) in [6.07, 6.45) is 1.85. The van der Waals surface area contributed by atoms with E-state index in [0.717, 1.165) is 66.3 Å². The zero-order chi connectivity index (χ0) is 31.8. The summed E-state index contributed by atoms with van der Waals surface area (Å²) in [5.74, 6) is -2.86. The number of thiazole rings is 1. The molecule has 0 bridgehead atoms. The van der Waals surface area contributed by atoms with E-state index in [4.69, 9.17) is 19.4 Å². The second kappa shape index (κ2) is 14.9. The maximum atomic E-state index is 12.6. The van der Waals surface area contributed by atoms with Crippen molar-refractivity contribution in [2.45, 2.75) is 63.5 Å². The van der Waals surface area contributed by atoms with Gasteiger partial charge in [0.1, 0.15) is 11.6 Å². The van der Waals surface area contributed by atoms with Crippen LogP contribution in [0.15, 0.2) is 41.8 Å². The van der Waals surface area contributed by atoms with Gasteiger partial charge in [-0.05, 0) is 85.4 Å². The van der Waals surface area contributed by atoms with Gasteiger partial charge in [0.05, 0.1) is 37.4 Å². The lowest BCUT2D eigenvalue weighted by atomic mass is 9.88. The number of pyridine rings is 1. The largest absolute Gasteiger partial charge is 0.496 e. The van der Waals surface area contributed by atoms with Gasteiger partial charge in [-0.3, -0.25) is 0 Å². The molecule has 0 fully saturated rings. The van der Waals surface area contributed by atoms with E-state index < -0.39 is 24.0 Å². The molecule has 3 aromatic rings. The summed E-state index contributed by atoms with van der Waals surface area (Å²) in [5, 5.41) is 6.20. The third kappa shape index (κ3) is 8.82. The molecule has 240 valence electrons. The van der Waals surface area contributed by atoms with Crippen LogP contribution >= 0.6 is 11.3 Å². The number of ether oxygens (including phenoxy) is 2. The fourth-order valence-electron chi connectivity index (χ4n) is 5.44. The molecule has 1 aromatic carbocycles. The van der Waals surface area contributed by atoms with Crippen LogP contribution in [0.4, 0.5) is 19.0 Å². The van der Waals surface area contributed by atoms with Crippen LogP contribution in [0.2, 0.25) is 0 Å². The SMILES string of the molecule is COc1ccc(C2=CCOCC2)cc1[C@@H](CC(=O)OOC(=O)C(F)(F)F)Cc1csc(CCCc2ccc3c(n2)NCCC3)n1. The van der Waals surface area contributed by atoms with Gasteiger partial charge in [-0.2, -0.15) is 13.2 Å². The molecule has 0 amide bonds. The summed E-state index contributed by atoms with van der Waals surface area (Å²) >= 11 is 1.51. The number of alkyl halides is 3. The van der Waals surface area contributed by atoms with E-state index in [2.05, 4.69) is 27.2 Å². The molecule has 0 saturated carbocycles. The second-order valence-corrected chi connectivity index (χ2v) is 11.8. The Kier molecular flexibility index (Phi) is 10.7. The van der Waals surface area contributed by atoms with E-state index in [1.54, 1.807) is 6.07 Å². The number of benzene rings is 1. The van der Waals surface area contributed by atoms with Crippen molar-refractivity contribution in [3.63, 3.8) is 0 Å². The molecular formula is C32H34F3N3O6S. The zero-order valence-electron chi connectivity index (χ0n) is 24.8. The highest BCUT2D eigenvalue weighted by atomic mass is 32.1. The van der Waals surface area contributed by atoms with Crippen LogP contribution in [0.5, 0.6) is 5.75 Å². The normalized spacial score (nSPS) is 15.3. The number of nitrogens with zero attached hydrogens (tertiary/aromatic N) is 2. The molecular weight excluding hydrogens is 611 g/mol. The van der Waals surface area contributed by atoms with E-state index in [1.807, 2.05) is 23.6 Å². The van der Waals surface area contributed by atoms with Gasteiger partial charge < -0.3 is 14.8 Å². The van der Waals surface area contributed by atoms with Crippen LogP contribution in [-0.4, -0.2) is 55.0 Å². The lowest BCUT2D eigenvalue weighted by Crippen LogP contribution is -2.27. The number of halogens is 3. The lowest BCUT2D eigenvalue weighted by Gasteiger charge is -2.21. The van der Waals surface area contributed by atoms with Gasteiger partial charge in [-0.25, -0.2) is 29.3 Å². The Labute approximate surface area is 262 Å². The molecule has 1 N–H and O–H groups in total. The first-order valence-corrected chi connectivity index (χ1v) is 15.7. The zero-order valence-corrected chi connectivity index (χ0v) is 25.6.